The molecule has 4 aliphatic heterocycles. The third-order valence-corrected chi connectivity index (χ3v) is 8.75. The molecule has 1 aliphatic carbocycles. The molecule has 2 aromatic rings. The van der Waals surface area contributed by atoms with Gasteiger partial charge >= 0.3 is 5.97 Å². The number of methoxy groups -OCH3 is 2. The van der Waals surface area contributed by atoms with Crippen LogP contribution in [0.3, 0.4) is 0 Å². The van der Waals surface area contributed by atoms with E-state index >= 15 is 0 Å². The van der Waals surface area contributed by atoms with E-state index < -0.39 is 66.8 Å². The van der Waals surface area contributed by atoms with Crippen molar-refractivity contribution in [2.75, 3.05) is 34.2 Å². The molecule has 226 valence electrons. The van der Waals surface area contributed by atoms with Crippen molar-refractivity contribution < 1.29 is 62.7 Å². The van der Waals surface area contributed by atoms with Gasteiger partial charge < -0.3 is 58.0 Å². The number of carbonyl (C=O) groups is 1. The Kier molecular flexibility index (Phi) is 6.83. The van der Waals surface area contributed by atoms with E-state index in [0.29, 0.717) is 28.2 Å². The number of esters is 1. The lowest BCUT2D eigenvalue weighted by atomic mass is 9.66. The fourth-order valence-electron chi connectivity index (χ4n) is 6.74. The Hall–Kier alpha value is -3.33. The zero-order valence-electron chi connectivity index (χ0n) is 23.1. The first-order chi connectivity index (χ1) is 20.3. The van der Waals surface area contributed by atoms with Crippen LogP contribution in [0.25, 0.3) is 0 Å². The molecule has 5 aliphatic rings. The molecule has 2 unspecified atom stereocenters. The van der Waals surface area contributed by atoms with Crippen LogP contribution in [0.1, 0.15) is 35.6 Å². The fraction of sp³-hybridized carbons (Fsp3) is 0.552. The first kappa shape index (κ1) is 27.5. The fourth-order valence-corrected chi connectivity index (χ4v) is 6.74. The largest absolute Gasteiger partial charge is 0.502 e. The highest BCUT2D eigenvalue weighted by Crippen LogP contribution is 2.57. The normalized spacial score (nSPS) is 36.5. The second kappa shape index (κ2) is 10.4. The number of phenols is 1. The van der Waals surface area contributed by atoms with Crippen LogP contribution < -0.4 is 18.9 Å². The van der Waals surface area contributed by atoms with Gasteiger partial charge in [0.05, 0.1) is 39.5 Å². The van der Waals surface area contributed by atoms with E-state index in [2.05, 4.69) is 0 Å². The molecule has 3 saturated heterocycles. The highest BCUT2D eigenvalue weighted by atomic mass is 16.8. The Bertz CT molecular complexity index is 1350. The molecule has 13 heteroatoms. The minimum absolute atomic E-state index is 0.0301. The summed E-state index contributed by atoms with van der Waals surface area (Å²) in [5.41, 5.74) is 2.01. The summed E-state index contributed by atoms with van der Waals surface area (Å²) in [5.74, 6) is -1.02. The molecule has 0 amide bonds. The molecule has 13 nitrogen and oxygen atoms in total. The van der Waals surface area contributed by atoms with E-state index in [1.54, 1.807) is 31.2 Å². The Morgan fingerprint density at radius 3 is 2.26 bits per heavy atom. The highest BCUT2D eigenvalue weighted by molar-refractivity contribution is 5.79. The van der Waals surface area contributed by atoms with Crippen LogP contribution in [0.5, 0.6) is 28.7 Å². The zero-order chi connectivity index (χ0) is 29.3. The van der Waals surface area contributed by atoms with Crippen molar-refractivity contribution in [3.05, 3.63) is 41.0 Å². The zero-order valence-corrected chi connectivity index (χ0v) is 23.1. The van der Waals surface area contributed by atoms with Crippen LogP contribution in [0.2, 0.25) is 0 Å². The monoisotopic (exact) mass is 588 g/mol. The van der Waals surface area contributed by atoms with Crippen LogP contribution in [0.4, 0.5) is 0 Å². The average molecular weight is 589 g/mol. The van der Waals surface area contributed by atoms with E-state index in [1.807, 2.05) is 0 Å². The second-order valence-corrected chi connectivity index (χ2v) is 11.0. The smallest absolute Gasteiger partial charge is 0.310 e. The lowest BCUT2D eigenvalue weighted by Gasteiger charge is -2.47. The number of aliphatic hydroxyl groups excluding tert-OH is 2. The molecular weight excluding hydrogens is 556 g/mol. The lowest BCUT2D eigenvalue weighted by Crippen LogP contribution is -2.63. The summed E-state index contributed by atoms with van der Waals surface area (Å²) < 4.78 is 51.5. The lowest BCUT2D eigenvalue weighted by molar-refractivity contribution is -0.364. The van der Waals surface area contributed by atoms with E-state index in [1.165, 1.54) is 14.2 Å². The SMILES string of the molecule is COc1cc([C@@H]2c3cc4c(cc3[C@@H](OC3OC5CO[C@@H](C)O[C@H]5[C@H](O)[C@H]3O)[C@H]3COC(=O)[C@H]23)OCO4)cc(OC)c1O. The molecule has 3 N–H and O–H groups in total. The third kappa shape index (κ3) is 4.26. The van der Waals surface area contributed by atoms with Gasteiger partial charge in [-0.1, -0.05) is 0 Å². The summed E-state index contributed by atoms with van der Waals surface area (Å²) in [6.07, 6.45) is -6.80. The molecule has 0 saturated carbocycles. The number of hydrogen-bond donors (Lipinski definition) is 3. The van der Waals surface area contributed by atoms with Crippen LogP contribution in [-0.4, -0.2) is 92.5 Å². The minimum Gasteiger partial charge on any atom is -0.502 e. The summed E-state index contributed by atoms with van der Waals surface area (Å²) in [7, 11) is 2.86. The van der Waals surface area contributed by atoms with Gasteiger partial charge in [0, 0.05) is 11.8 Å². The number of fused-ring (bicyclic) bond motifs is 4. The van der Waals surface area contributed by atoms with Gasteiger partial charge in [0.2, 0.25) is 12.5 Å². The summed E-state index contributed by atoms with van der Waals surface area (Å²) >= 11 is 0. The maximum absolute atomic E-state index is 13.4. The Labute approximate surface area is 240 Å². The number of phenolic OH excluding ortho intramolecular Hbond substituents is 1. The number of ether oxygens (including phenoxy) is 9. The van der Waals surface area contributed by atoms with E-state index in [0.717, 1.165) is 0 Å². The highest BCUT2D eigenvalue weighted by Gasteiger charge is 2.56. The van der Waals surface area contributed by atoms with E-state index in [9.17, 15) is 20.1 Å². The van der Waals surface area contributed by atoms with Crippen molar-refractivity contribution in [1.82, 2.24) is 0 Å². The van der Waals surface area contributed by atoms with Crippen molar-refractivity contribution in [1.29, 1.82) is 0 Å². The predicted molar refractivity (Wildman–Crippen MR) is 138 cm³/mol. The summed E-state index contributed by atoms with van der Waals surface area (Å²) in [4.78, 5) is 13.4. The Morgan fingerprint density at radius 2 is 1.57 bits per heavy atom. The number of carbonyl (C=O) groups excluding carboxylic acids is 1. The van der Waals surface area contributed by atoms with Crippen LogP contribution in [0, 0.1) is 11.8 Å². The minimum atomic E-state index is -1.44. The van der Waals surface area contributed by atoms with Crippen molar-refractivity contribution in [3.63, 3.8) is 0 Å². The number of hydrogen-bond acceptors (Lipinski definition) is 13. The molecular formula is C29H32O13. The van der Waals surface area contributed by atoms with Gasteiger partial charge in [0.1, 0.15) is 24.4 Å². The number of benzene rings is 2. The molecule has 0 radical (unpaired) electrons. The van der Waals surface area contributed by atoms with Crippen LogP contribution >= 0.6 is 0 Å². The number of rotatable bonds is 5. The quantitative estimate of drug-likeness (QED) is 0.430. The van der Waals surface area contributed by atoms with Gasteiger partial charge in [-0.2, -0.15) is 0 Å². The number of aliphatic hydroxyl groups is 2. The van der Waals surface area contributed by atoms with E-state index in [4.69, 9.17) is 42.6 Å². The summed E-state index contributed by atoms with van der Waals surface area (Å²) in [6.45, 7) is 1.93. The first-order valence-electron chi connectivity index (χ1n) is 13.8. The molecule has 0 spiro atoms. The maximum atomic E-state index is 13.4. The molecule has 0 bridgehead atoms. The number of aromatic hydroxyl groups is 1. The van der Waals surface area contributed by atoms with E-state index in [-0.39, 0.29) is 37.3 Å². The molecule has 3 fully saturated rings. The second-order valence-electron chi connectivity index (χ2n) is 11.0. The summed E-state index contributed by atoms with van der Waals surface area (Å²) in [5, 5.41) is 32.5. The van der Waals surface area contributed by atoms with Crippen molar-refractivity contribution in [2.45, 2.75) is 55.9 Å². The Morgan fingerprint density at radius 1 is 0.881 bits per heavy atom. The maximum Gasteiger partial charge on any atom is 0.310 e. The van der Waals surface area contributed by atoms with Crippen LogP contribution in [0.15, 0.2) is 24.3 Å². The van der Waals surface area contributed by atoms with Gasteiger partial charge in [-0.05, 0) is 47.9 Å². The third-order valence-electron chi connectivity index (χ3n) is 8.75. The molecule has 0 aromatic heterocycles. The predicted octanol–water partition coefficient (Wildman–Crippen LogP) is 1.34. The number of cyclic esters (lactones) is 1. The molecule has 42 heavy (non-hydrogen) atoms. The topological polar surface area (TPSA) is 161 Å². The average Bonchev–Trinajstić information content (AvgIpc) is 3.61. The molecule has 7 rings (SSSR count). The molecule has 10 atom stereocenters. The van der Waals surface area contributed by atoms with Crippen LogP contribution in [-0.2, 0) is 28.5 Å². The standard InChI is InChI=1S/C29H32O13/c1-11-36-9-20-27(40-11)24(31)25(32)29(41-20)42-26-14-7-17-16(38-10-39-17)6-13(14)21(22-15(26)8-37-28(22)33)12-4-18(34-2)23(30)19(5-12)35-3/h4-7,11,15,20-22,24-27,29-32H,8-10H2,1-3H3/t11-,15+,20?,21-,22+,24-,25-,26-,27-,29?/m1/s1. The van der Waals surface area contributed by atoms with Crippen molar-refractivity contribution >= 4 is 5.97 Å². The van der Waals surface area contributed by atoms with Gasteiger partial charge in [-0.3, -0.25) is 4.79 Å². The van der Waals surface area contributed by atoms with Gasteiger partial charge in [-0.25, -0.2) is 0 Å². The van der Waals surface area contributed by atoms with Gasteiger partial charge in [-0.15, -0.1) is 0 Å². The molecule has 4 heterocycles. The van der Waals surface area contributed by atoms with Gasteiger partial charge in [0.15, 0.2) is 35.6 Å². The summed E-state index contributed by atoms with van der Waals surface area (Å²) in [6, 6.07) is 6.93. The first-order valence-corrected chi connectivity index (χ1v) is 13.8. The van der Waals surface area contributed by atoms with Crippen molar-refractivity contribution in [3.8, 4) is 28.7 Å². The molecule has 2 aromatic carbocycles. The van der Waals surface area contributed by atoms with Gasteiger partial charge in [0.25, 0.3) is 0 Å². The Balaban J connectivity index is 1.32. The van der Waals surface area contributed by atoms with Crippen molar-refractivity contribution in [2.24, 2.45) is 11.8 Å².